The lowest BCUT2D eigenvalue weighted by Crippen LogP contribution is -2.37. The fraction of sp³-hybridized carbons (Fsp3) is 0.692. The van der Waals surface area contributed by atoms with Crippen LogP contribution in [0.4, 0.5) is 0 Å². The summed E-state index contributed by atoms with van der Waals surface area (Å²) in [6.45, 7) is 0.690. The van der Waals surface area contributed by atoms with Crippen molar-refractivity contribution >= 4 is 5.91 Å². The van der Waals surface area contributed by atoms with E-state index in [0.29, 0.717) is 12.6 Å². The van der Waals surface area contributed by atoms with Gasteiger partial charge in [0.05, 0.1) is 11.7 Å². The number of nitrogens with zero attached hydrogens (tertiary/aromatic N) is 2. The van der Waals surface area contributed by atoms with E-state index in [9.17, 15) is 9.90 Å². The van der Waals surface area contributed by atoms with Crippen LogP contribution in [0.2, 0.25) is 0 Å². The van der Waals surface area contributed by atoms with E-state index < -0.39 is 12.0 Å². The zero-order chi connectivity index (χ0) is 13.7. The number of carbonyl (C=O) groups excluding carboxylic acids is 1. The number of nitrogens with one attached hydrogen (secondary N) is 1. The van der Waals surface area contributed by atoms with Gasteiger partial charge in [-0.15, -0.1) is 0 Å². The van der Waals surface area contributed by atoms with Crippen molar-refractivity contribution in [3.63, 3.8) is 0 Å². The van der Waals surface area contributed by atoms with Crippen molar-refractivity contribution < 1.29 is 9.90 Å². The van der Waals surface area contributed by atoms with E-state index in [0.717, 1.165) is 5.69 Å². The lowest BCUT2D eigenvalue weighted by Gasteiger charge is -2.21. The van der Waals surface area contributed by atoms with Crippen LogP contribution in [-0.2, 0) is 11.3 Å². The zero-order valence-electron chi connectivity index (χ0n) is 11.1. The fourth-order valence-electron chi connectivity index (χ4n) is 2.46. The largest absolute Gasteiger partial charge is 0.382 e. The maximum Gasteiger partial charge on any atom is 0.247 e. The van der Waals surface area contributed by atoms with Crippen LogP contribution in [0.1, 0.15) is 43.8 Å². The number of nitrogens with two attached hydrogens (primary N) is 1. The Kier molecular flexibility index (Phi) is 4.93. The van der Waals surface area contributed by atoms with Crippen molar-refractivity contribution in [3.05, 3.63) is 18.0 Å². The molecule has 4 N–H and O–H groups in total. The number of hydrogen-bond donors (Lipinski definition) is 3. The highest BCUT2D eigenvalue weighted by molar-refractivity contribution is 5.78. The minimum absolute atomic E-state index is 0.158. The quantitative estimate of drug-likeness (QED) is 0.691. The van der Waals surface area contributed by atoms with Gasteiger partial charge in [0, 0.05) is 19.3 Å². The number of aliphatic hydroxyl groups is 1. The van der Waals surface area contributed by atoms with Crippen LogP contribution in [0.5, 0.6) is 0 Å². The molecule has 19 heavy (non-hydrogen) atoms. The van der Waals surface area contributed by atoms with E-state index in [2.05, 4.69) is 10.4 Å². The predicted octanol–water partition coefficient (Wildman–Crippen LogP) is 0.324. The second-order valence-electron chi connectivity index (χ2n) is 5.13. The zero-order valence-corrected chi connectivity index (χ0v) is 11.1. The Morgan fingerprint density at radius 1 is 1.53 bits per heavy atom. The van der Waals surface area contributed by atoms with Crippen molar-refractivity contribution in [2.45, 2.75) is 50.8 Å². The lowest BCUT2D eigenvalue weighted by atomic mass is 9.96. The molecule has 1 aliphatic rings. The molecule has 1 aromatic rings. The van der Waals surface area contributed by atoms with Crippen LogP contribution >= 0.6 is 0 Å². The van der Waals surface area contributed by atoms with Crippen LogP contribution in [0.3, 0.4) is 0 Å². The van der Waals surface area contributed by atoms with E-state index in [1.807, 2.05) is 16.9 Å². The van der Waals surface area contributed by atoms with Gasteiger partial charge in [0.15, 0.2) is 0 Å². The van der Waals surface area contributed by atoms with Gasteiger partial charge in [-0.25, -0.2) is 0 Å². The Morgan fingerprint density at radius 2 is 2.26 bits per heavy atom. The molecule has 1 aliphatic carbocycles. The van der Waals surface area contributed by atoms with Gasteiger partial charge in [-0.1, -0.05) is 19.3 Å². The Bertz CT molecular complexity index is 413. The smallest absolute Gasteiger partial charge is 0.247 e. The second kappa shape index (κ2) is 6.68. The van der Waals surface area contributed by atoms with Crippen molar-refractivity contribution in [3.8, 4) is 0 Å². The third-order valence-electron chi connectivity index (χ3n) is 3.58. The summed E-state index contributed by atoms with van der Waals surface area (Å²) in [5.74, 6) is -0.708. The predicted molar refractivity (Wildman–Crippen MR) is 71.3 cm³/mol. The Morgan fingerprint density at radius 3 is 2.95 bits per heavy atom. The van der Waals surface area contributed by atoms with Gasteiger partial charge in [0.25, 0.3) is 0 Å². The number of aromatic nitrogens is 2. The molecule has 6 nitrogen and oxygen atoms in total. The SMILES string of the molecule is NC(=O)C(O)CNCc1ccn(C2CCCCC2)n1. The molecule has 1 fully saturated rings. The van der Waals surface area contributed by atoms with Crippen molar-refractivity contribution in [2.75, 3.05) is 6.54 Å². The average molecular weight is 266 g/mol. The van der Waals surface area contributed by atoms with E-state index in [-0.39, 0.29) is 6.54 Å². The van der Waals surface area contributed by atoms with Gasteiger partial charge in [-0.3, -0.25) is 9.48 Å². The van der Waals surface area contributed by atoms with E-state index in [4.69, 9.17) is 5.73 Å². The molecule has 0 bridgehead atoms. The molecule has 106 valence electrons. The fourth-order valence-corrected chi connectivity index (χ4v) is 2.46. The monoisotopic (exact) mass is 266 g/mol. The van der Waals surface area contributed by atoms with Crippen LogP contribution < -0.4 is 11.1 Å². The molecule has 0 spiro atoms. The van der Waals surface area contributed by atoms with Gasteiger partial charge in [-0.2, -0.15) is 5.10 Å². The molecule has 0 aromatic carbocycles. The first kappa shape index (κ1) is 14.0. The highest BCUT2D eigenvalue weighted by atomic mass is 16.3. The molecule has 1 unspecified atom stereocenters. The number of hydrogen-bond acceptors (Lipinski definition) is 4. The normalized spacial score (nSPS) is 18.4. The maximum absolute atomic E-state index is 10.7. The number of rotatable bonds is 6. The third kappa shape index (κ3) is 4.04. The molecule has 0 radical (unpaired) electrons. The first-order chi connectivity index (χ1) is 9.16. The summed E-state index contributed by atoms with van der Waals surface area (Å²) in [4.78, 5) is 10.7. The molecule has 1 saturated carbocycles. The molecule has 1 heterocycles. The Labute approximate surface area is 113 Å². The number of aliphatic hydroxyl groups excluding tert-OH is 1. The van der Waals surface area contributed by atoms with Crippen molar-refractivity contribution in [2.24, 2.45) is 5.73 Å². The van der Waals surface area contributed by atoms with E-state index in [1.165, 1.54) is 32.1 Å². The van der Waals surface area contributed by atoms with E-state index in [1.54, 1.807) is 0 Å². The molecular formula is C13H22N4O2. The highest BCUT2D eigenvalue weighted by Crippen LogP contribution is 2.27. The maximum atomic E-state index is 10.7. The molecular weight excluding hydrogens is 244 g/mol. The molecule has 2 rings (SSSR count). The van der Waals surface area contributed by atoms with Crippen LogP contribution in [0, 0.1) is 0 Å². The topological polar surface area (TPSA) is 93.2 Å². The summed E-state index contributed by atoms with van der Waals surface area (Å²) in [5, 5.41) is 16.8. The summed E-state index contributed by atoms with van der Waals surface area (Å²) >= 11 is 0. The minimum Gasteiger partial charge on any atom is -0.382 e. The van der Waals surface area contributed by atoms with Gasteiger partial charge >= 0.3 is 0 Å². The molecule has 1 aromatic heterocycles. The van der Waals surface area contributed by atoms with Gasteiger partial charge in [0.2, 0.25) is 5.91 Å². The van der Waals surface area contributed by atoms with E-state index >= 15 is 0 Å². The number of carbonyl (C=O) groups is 1. The summed E-state index contributed by atoms with van der Waals surface area (Å²) < 4.78 is 2.04. The third-order valence-corrected chi connectivity index (χ3v) is 3.58. The first-order valence-corrected chi connectivity index (χ1v) is 6.89. The van der Waals surface area contributed by atoms with Crippen molar-refractivity contribution in [1.29, 1.82) is 0 Å². The summed E-state index contributed by atoms with van der Waals surface area (Å²) in [5.41, 5.74) is 5.89. The molecule has 6 heteroatoms. The Balaban J connectivity index is 1.78. The standard InChI is InChI=1S/C13H22N4O2/c14-13(19)12(18)9-15-8-10-6-7-17(16-10)11-4-2-1-3-5-11/h6-7,11-12,15,18H,1-5,8-9H2,(H2,14,19). The number of amides is 1. The van der Waals surface area contributed by atoms with Crippen LogP contribution in [-0.4, -0.2) is 33.4 Å². The average Bonchev–Trinajstić information content (AvgIpc) is 2.88. The van der Waals surface area contributed by atoms with Crippen molar-refractivity contribution in [1.82, 2.24) is 15.1 Å². The molecule has 1 atom stereocenters. The summed E-state index contributed by atoms with van der Waals surface area (Å²) in [7, 11) is 0. The highest BCUT2D eigenvalue weighted by Gasteiger charge is 2.16. The second-order valence-corrected chi connectivity index (χ2v) is 5.13. The van der Waals surface area contributed by atoms with Gasteiger partial charge in [0.1, 0.15) is 6.10 Å². The van der Waals surface area contributed by atoms with Crippen LogP contribution in [0.15, 0.2) is 12.3 Å². The lowest BCUT2D eigenvalue weighted by molar-refractivity contribution is -0.125. The number of primary amides is 1. The molecule has 0 saturated heterocycles. The summed E-state index contributed by atoms with van der Waals surface area (Å²) in [6.07, 6.45) is 7.17. The minimum atomic E-state index is -1.14. The Hall–Kier alpha value is -1.40. The first-order valence-electron chi connectivity index (χ1n) is 6.89. The molecule has 1 amide bonds. The van der Waals surface area contributed by atoms with Gasteiger partial charge < -0.3 is 16.2 Å². The van der Waals surface area contributed by atoms with Gasteiger partial charge in [-0.05, 0) is 18.9 Å². The molecule has 0 aliphatic heterocycles. The van der Waals surface area contributed by atoms with Crippen LogP contribution in [0.25, 0.3) is 0 Å². The summed E-state index contributed by atoms with van der Waals surface area (Å²) in [6, 6.07) is 2.50.